The maximum absolute atomic E-state index is 12.9. The molecule has 0 atom stereocenters. The van der Waals surface area contributed by atoms with Crippen LogP contribution in [0, 0.1) is 6.92 Å². The Morgan fingerprint density at radius 2 is 1.89 bits per heavy atom. The third-order valence-corrected chi connectivity index (χ3v) is 6.22. The van der Waals surface area contributed by atoms with Gasteiger partial charge in [0.2, 0.25) is 0 Å². The number of carbonyl (C=O) groups excluding carboxylic acids is 2. The minimum Gasteiger partial charge on any atom is -0.465 e. The van der Waals surface area contributed by atoms with Gasteiger partial charge in [-0.3, -0.25) is 4.79 Å². The van der Waals surface area contributed by atoms with Gasteiger partial charge < -0.3 is 14.5 Å². The molecule has 2 heterocycles. The molecular formula is C22H21NO4S. The van der Waals surface area contributed by atoms with Gasteiger partial charge in [-0.1, -0.05) is 30.3 Å². The van der Waals surface area contributed by atoms with Crippen LogP contribution in [-0.2, 0) is 17.6 Å². The highest BCUT2D eigenvalue weighted by atomic mass is 32.1. The average Bonchev–Trinajstić information content (AvgIpc) is 3.28. The molecule has 1 amide bonds. The van der Waals surface area contributed by atoms with E-state index < -0.39 is 5.97 Å². The fourth-order valence-electron chi connectivity index (χ4n) is 3.59. The van der Waals surface area contributed by atoms with Crippen LogP contribution in [0.1, 0.15) is 49.8 Å². The van der Waals surface area contributed by atoms with E-state index in [9.17, 15) is 9.59 Å². The first-order valence-corrected chi connectivity index (χ1v) is 10.1. The van der Waals surface area contributed by atoms with Crippen molar-refractivity contribution in [1.29, 1.82) is 0 Å². The topological polar surface area (TPSA) is 68.5 Å². The molecule has 4 rings (SSSR count). The van der Waals surface area contributed by atoms with Gasteiger partial charge in [0, 0.05) is 10.4 Å². The van der Waals surface area contributed by atoms with E-state index in [1.54, 1.807) is 13.0 Å². The van der Waals surface area contributed by atoms with Crippen molar-refractivity contribution in [2.45, 2.75) is 32.6 Å². The second-order valence-electron chi connectivity index (χ2n) is 6.81. The van der Waals surface area contributed by atoms with Crippen molar-refractivity contribution in [1.82, 2.24) is 0 Å². The minimum absolute atomic E-state index is 0.285. The highest BCUT2D eigenvalue weighted by Gasteiger charge is 2.28. The lowest BCUT2D eigenvalue weighted by molar-refractivity contribution is 0.0601. The normalized spacial score (nSPS) is 13.1. The lowest BCUT2D eigenvalue weighted by Crippen LogP contribution is -2.15. The van der Waals surface area contributed by atoms with E-state index in [-0.39, 0.29) is 5.91 Å². The molecule has 0 aliphatic heterocycles. The van der Waals surface area contributed by atoms with Crippen LogP contribution < -0.4 is 5.32 Å². The Bertz CT molecular complexity index is 1030. The molecule has 0 saturated heterocycles. The van der Waals surface area contributed by atoms with E-state index in [2.05, 4.69) is 5.32 Å². The van der Waals surface area contributed by atoms with Crippen molar-refractivity contribution < 1.29 is 18.7 Å². The van der Waals surface area contributed by atoms with Crippen LogP contribution in [0.15, 0.2) is 40.8 Å². The van der Waals surface area contributed by atoms with Crippen molar-refractivity contribution >= 4 is 28.2 Å². The molecule has 1 aromatic carbocycles. The van der Waals surface area contributed by atoms with Crippen molar-refractivity contribution in [3.05, 3.63) is 63.7 Å². The monoisotopic (exact) mass is 395 g/mol. The number of furan rings is 1. The molecule has 5 nitrogen and oxygen atoms in total. The summed E-state index contributed by atoms with van der Waals surface area (Å²) in [4.78, 5) is 26.5. The lowest BCUT2D eigenvalue weighted by Gasteiger charge is -2.11. The van der Waals surface area contributed by atoms with Crippen LogP contribution >= 0.6 is 11.3 Å². The average molecular weight is 395 g/mol. The highest BCUT2D eigenvalue weighted by Crippen LogP contribution is 2.39. The quantitative estimate of drug-likeness (QED) is 0.614. The predicted octanol–water partition coefficient (Wildman–Crippen LogP) is 5.23. The Kier molecular flexibility index (Phi) is 5.05. The number of nitrogens with one attached hydrogen (secondary N) is 1. The molecule has 28 heavy (non-hydrogen) atoms. The summed E-state index contributed by atoms with van der Waals surface area (Å²) >= 11 is 1.47. The first kappa shape index (κ1) is 18.5. The number of hydrogen-bond acceptors (Lipinski definition) is 5. The first-order valence-electron chi connectivity index (χ1n) is 9.28. The number of thiophene rings is 1. The molecule has 0 spiro atoms. The minimum atomic E-state index is -0.399. The van der Waals surface area contributed by atoms with Crippen LogP contribution in [0.2, 0.25) is 0 Å². The summed E-state index contributed by atoms with van der Waals surface area (Å²) in [5, 5.41) is 3.48. The Morgan fingerprint density at radius 3 is 2.64 bits per heavy atom. The smallest absolute Gasteiger partial charge is 0.341 e. The molecule has 1 N–H and O–H groups in total. The maximum Gasteiger partial charge on any atom is 0.341 e. The number of hydrogen-bond donors (Lipinski definition) is 1. The molecule has 0 saturated carbocycles. The zero-order valence-electron chi connectivity index (χ0n) is 15.8. The van der Waals surface area contributed by atoms with Gasteiger partial charge in [-0.05, 0) is 44.2 Å². The number of benzene rings is 1. The van der Waals surface area contributed by atoms with Gasteiger partial charge >= 0.3 is 5.97 Å². The fraction of sp³-hybridized carbons (Fsp3) is 0.273. The molecule has 1 aliphatic rings. The van der Waals surface area contributed by atoms with Gasteiger partial charge in [0.25, 0.3) is 5.91 Å². The summed E-state index contributed by atoms with van der Waals surface area (Å²) in [6.45, 7) is 1.77. The Balaban J connectivity index is 1.65. The molecule has 0 unspecified atom stereocenters. The van der Waals surface area contributed by atoms with Crippen molar-refractivity contribution in [3.63, 3.8) is 0 Å². The number of anilines is 1. The van der Waals surface area contributed by atoms with E-state index in [0.717, 1.165) is 41.7 Å². The maximum atomic E-state index is 12.9. The number of fused-ring (bicyclic) bond motifs is 1. The van der Waals surface area contributed by atoms with Crippen LogP contribution in [0.4, 0.5) is 5.00 Å². The SMILES string of the molecule is COC(=O)c1c(NC(=O)c2cc(-c3ccccc3)oc2C)sc2c1CCCC2. The van der Waals surface area contributed by atoms with Crippen LogP contribution in [0.3, 0.4) is 0 Å². The van der Waals surface area contributed by atoms with Crippen LogP contribution in [0.25, 0.3) is 11.3 Å². The van der Waals surface area contributed by atoms with Crippen molar-refractivity contribution in [2.24, 2.45) is 0 Å². The highest BCUT2D eigenvalue weighted by molar-refractivity contribution is 7.17. The third-order valence-electron chi connectivity index (χ3n) is 5.01. The Hall–Kier alpha value is -2.86. The van der Waals surface area contributed by atoms with Gasteiger partial charge in [-0.25, -0.2) is 4.79 Å². The molecule has 0 fully saturated rings. The third kappa shape index (κ3) is 3.36. The molecule has 0 bridgehead atoms. The summed E-state index contributed by atoms with van der Waals surface area (Å²) in [6, 6.07) is 11.4. The van der Waals surface area contributed by atoms with Crippen LogP contribution in [-0.4, -0.2) is 19.0 Å². The van der Waals surface area contributed by atoms with Crippen molar-refractivity contribution in [3.8, 4) is 11.3 Å². The van der Waals surface area contributed by atoms with E-state index in [0.29, 0.717) is 27.6 Å². The van der Waals surface area contributed by atoms with E-state index >= 15 is 0 Å². The van der Waals surface area contributed by atoms with E-state index in [4.69, 9.17) is 9.15 Å². The molecular weight excluding hydrogens is 374 g/mol. The Labute approximate surface area is 167 Å². The van der Waals surface area contributed by atoms with Crippen LogP contribution in [0.5, 0.6) is 0 Å². The number of esters is 1. The molecule has 1 aliphatic carbocycles. The summed E-state index contributed by atoms with van der Waals surface area (Å²) in [5.41, 5.74) is 2.89. The molecule has 144 valence electrons. The lowest BCUT2D eigenvalue weighted by atomic mass is 9.95. The van der Waals surface area contributed by atoms with E-state index in [1.807, 2.05) is 30.3 Å². The first-order chi connectivity index (χ1) is 13.6. The fourth-order valence-corrected chi connectivity index (χ4v) is 4.87. The number of rotatable bonds is 4. The number of methoxy groups -OCH3 is 1. The number of amides is 1. The number of ether oxygens (including phenoxy) is 1. The number of carbonyl (C=O) groups is 2. The van der Waals surface area contributed by atoms with Gasteiger partial charge in [0.15, 0.2) is 0 Å². The second kappa shape index (κ2) is 7.64. The molecule has 6 heteroatoms. The van der Waals surface area contributed by atoms with E-state index in [1.165, 1.54) is 18.4 Å². The summed E-state index contributed by atoms with van der Waals surface area (Å²) < 4.78 is 10.8. The van der Waals surface area contributed by atoms with Gasteiger partial charge in [0.1, 0.15) is 16.5 Å². The molecule has 0 radical (unpaired) electrons. The second-order valence-corrected chi connectivity index (χ2v) is 7.91. The largest absolute Gasteiger partial charge is 0.465 e. The molecule has 2 aromatic heterocycles. The van der Waals surface area contributed by atoms with Gasteiger partial charge in [-0.15, -0.1) is 11.3 Å². The zero-order chi connectivity index (χ0) is 19.7. The number of aryl methyl sites for hydroxylation is 2. The summed E-state index contributed by atoms with van der Waals surface area (Å²) in [5.74, 6) is 0.495. The molecule has 3 aromatic rings. The Morgan fingerprint density at radius 1 is 1.14 bits per heavy atom. The van der Waals surface area contributed by atoms with Crippen molar-refractivity contribution in [2.75, 3.05) is 12.4 Å². The summed E-state index contributed by atoms with van der Waals surface area (Å²) in [6.07, 6.45) is 3.92. The van der Waals surface area contributed by atoms with Gasteiger partial charge in [-0.2, -0.15) is 0 Å². The van der Waals surface area contributed by atoms with Gasteiger partial charge in [0.05, 0.1) is 18.2 Å². The standard InChI is InChI=1S/C22H21NO4S/c1-13-16(12-17(27-13)14-8-4-3-5-9-14)20(24)23-21-19(22(25)26-2)15-10-6-7-11-18(15)28-21/h3-5,8-9,12H,6-7,10-11H2,1-2H3,(H,23,24). The summed E-state index contributed by atoms with van der Waals surface area (Å²) in [7, 11) is 1.37. The zero-order valence-corrected chi connectivity index (χ0v) is 16.7. The predicted molar refractivity (Wildman–Crippen MR) is 109 cm³/mol.